The van der Waals surface area contributed by atoms with E-state index in [4.69, 9.17) is 15.2 Å². The minimum atomic E-state index is -0.742. The molecule has 0 saturated carbocycles. The van der Waals surface area contributed by atoms with Crippen LogP contribution in [0.15, 0.2) is 24.4 Å². The van der Waals surface area contributed by atoms with Gasteiger partial charge in [-0.15, -0.1) is 0 Å². The summed E-state index contributed by atoms with van der Waals surface area (Å²) in [5, 5.41) is 9.36. The Kier molecular flexibility index (Phi) is 6.30. The lowest BCUT2D eigenvalue weighted by Crippen LogP contribution is -2.50. The number of hydrogen-bond acceptors (Lipinski definition) is 7. The van der Waals surface area contributed by atoms with E-state index in [2.05, 4.69) is 0 Å². The van der Waals surface area contributed by atoms with Gasteiger partial charge in [0.25, 0.3) is 0 Å². The van der Waals surface area contributed by atoms with Crippen molar-refractivity contribution in [2.75, 3.05) is 43.9 Å². The summed E-state index contributed by atoms with van der Waals surface area (Å²) < 4.78 is 26.6. The fourth-order valence-corrected chi connectivity index (χ4v) is 3.56. The summed E-state index contributed by atoms with van der Waals surface area (Å²) in [5.74, 6) is -1.25. The van der Waals surface area contributed by atoms with Crippen molar-refractivity contribution in [2.24, 2.45) is 0 Å². The first-order chi connectivity index (χ1) is 15.1. The summed E-state index contributed by atoms with van der Waals surface area (Å²) >= 11 is 0. The predicted molar refractivity (Wildman–Crippen MR) is 116 cm³/mol. The summed E-state index contributed by atoms with van der Waals surface area (Å²) in [6.07, 6.45) is 0.965. The number of piperazine rings is 1. The molecule has 1 aliphatic rings. The molecule has 1 aromatic heterocycles. The molecule has 0 bridgehead atoms. The molecule has 9 nitrogen and oxygen atoms in total. The van der Waals surface area contributed by atoms with Crippen molar-refractivity contribution in [3.63, 3.8) is 0 Å². The average Bonchev–Trinajstić information content (AvgIpc) is 3.08. The largest absolute Gasteiger partial charge is 0.464 e. The van der Waals surface area contributed by atoms with Gasteiger partial charge in [0.2, 0.25) is 0 Å². The Morgan fingerprint density at radius 1 is 1.19 bits per heavy atom. The predicted octanol–water partition coefficient (Wildman–Crippen LogP) is 2.91. The lowest BCUT2D eigenvalue weighted by molar-refractivity contribution is 0.0240. The molecule has 0 atom stereocenters. The number of halogens is 1. The van der Waals surface area contributed by atoms with E-state index in [1.807, 2.05) is 6.07 Å². The number of nitrogens with two attached hydrogens (primary N) is 1. The van der Waals surface area contributed by atoms with E-state index in [9.17, 15) is 14.9 Å². The van der Waals surface area contributed by atoms with Crippen LogP contribution in [0.4, 0.5) is 20.6 Å². The molecule has 170 valence electrons. The van der Waals surface area contributed by atoms with E-state index in [0.717, 1.165) is 0 Å². The normalized spacial score (nSPS) is 14.1. The fourth-order valence-electron chi connectivity index (χ4n) is 3.56. The van der Waals surface area contributed by atoms with Crippen LogP contribution in [0.3, 0.4) is 0 Å². The van der Waals surface area contributed by atoms with Gasteiger partial charge in [0.05, 0.1) is 29.7 Å². The fraction of sp³-hybridized carbons (Fsp3) is 0.409. The van der Waals surface area contributed by atoms with Crippen LogP contribution in [0, 0.1) is 17.1 Å². The number of nitrogens with zero attached hydrogens (tertiary/aromatic N) is 4. The first kappa shape index (κ1) is 22.9. The van der Waals surface area contributed by atoms with Crippen LogP contribution in [0.5, 0.6) is 0 Å². The van der Waals surface area contributed by atoms with E-state index in [1.165, 1.54) is 30.0 Å². The van der Waals surface area contributed by atoms with Crippen LogP contribution in [0.2, 0.25) is 0 Å². The van der Waals surface area contributed by atoms with Gasteiger partial charge in [0, 0.05) is 32.4 Å². The number of amides is 1. The van der Waals surface area contributed by atoms with Gasteiger partial charge in [-0.05, 0) is 32.9 Å². The van der Waals surface area contributed by atoms with Gasteiger partial charge in [-0.1, -0.05) is 6.07 Å². The molecule has 2 N–H and O–H groups in total. The summed E-state index contributed by atoms with van der Waals surface area (Å²) in [6, 6.07) is 6.39. The van der Waals surface area contributed by atoms with Gasteiger partial charge in [-0.3, -0.25) is 0 Å². The van der Waals surface area contributed by atoms with Gasteiger partial charge in [-0.2, -0.15) is 5.26 Å². The van der Waals surface area contributed by atoms with Crippen LogP contribution in [-0.2, 0) is 9.47 Å². The molecule has 1 fully saturated rings. The molecule has 0 unspecified atom stereocenters. The Hall–Kier alpha value is -3.74. The van der Waals surface area contributed by atoms with Crippen molar-refractivity contribution in [1.82, 2.24) is 9.47 Å². The number of para-hydroxylation sites is 1. The zero-order chi connectivity index (χ0) is 23.6. The highest BCUT2D eigenvalue weighted by Gasteiger charge is 2.30. The van der Waals surface area contributed by atoms with Crippen LogP contribution in [0.1, 0.15) is 36.8 Å². The maximum Gasteiger partial charge on any atom is 0.410 e. The van der Waals surface area contributed by atoms with Crippen LogP contribution in [0.25, 0.3) is 5.69 Å². The summed E-state index contributed by atoms with van der Waals surface area (Å²) in [7, 11) is 1.20. The zero-order valence-corrected chi connectivity index (χ0v) is 18.5. The third-order valence-electron chi connectivity index (χ3n) is 5.02. The molecular formula is C22H26FN5O4. The van der Waals surface area contributed by atoms with Crippen molar-refractivity contribution >= 4 is 23.4 Å². The van der Waals surface area contributed by atoms with Crippen LogP contribution >= 0.6 is 0 Å². The van der Waals surface area contributed by atoms with E-state index in [1.54, 1.807) is 36.6 Å². The number of aromatic nitrogens is 1. The van der Waals surface area contributed by atoms with Crippen molar-refractivity contribution in [2.45, 2.75) is 26.4 Å². The van der Waals surface area contributed by atoms with E-state index in [-0.39, 0.29) is 22.6 Å². The lowest BCUT2D eigenvalue weighted by Gasteiger charge is -2.37. The monoisotopic (exact) mass is 443 g/mol. The number of carbonyl (C=O) groups is 2. The maximum atomic E-state index is 15.0. The first-order valence-corrected chi connectivity index (χ1v) is 10.1. The first-order valence-electron chi connectivity index (χ1n) is 10.1. The number of carbonyl (C=O) groups excluding carboxylic acids is 2. The minimum absolute atomic E-state index is 0.0377. The summed E-state index contributed by atoms with van der Waals surface area (Å²) in [5.41, 5.74) is 5.94. The molecule has 2 aromatic rings. The van der Waals surface area contributed by atoms with E-state index < -0.39 is 23.5 Å². The second-order valence-corrected chi connectivity index (χ2v) is 8.34. The number of nitrogen functional groups attached to an aromatic ring is 1. The summed E-state index contributed by atoms with van der Waals surface area (Å²) in [4.78, 5) is 28.1. The minimum Gasteiger partial charge on any atom is -0.464 e. The molecular weight excluding hydrogens is 417 g/mol. The van der Waals surface area contributed by atoms with Crippen molar-refractivity contribution in [3.8, 4) is 11.8 Å². The highest BCUT2D eigenvalue weighted by Crippen LogP contribution is 2.33. The molecule has 10 heteroatoms. The smallest absolute Gasteiger partial charge is 0.410 e. The molecule has 0 spiro atoms. The van der Waals surface area contributed by atoms with Gasteiger partial charge in [0.1, 0.15) is 17.5 Å². The number of ether oxygens (including phenoxy) is 2. The Bertz CT molecular complexity index is 1080. The topological polar surface area (TPSA) is 114 Å². The molecule has 2 heterocycles. The van der Waals surface area contributed by atoms with Crippen molar-refractivity contribution in [3.05, 3.63) is 41.5 Å². The Balaban J connectivity index is 1.96. The Morgan fingerprint density at radius 3 is 2.41 bits per heavy atom. The number of nitriles is 1. The average molecular weight is 443 g/mol. The molecule has 1 amide bonds. The number of hydrogen-bond donors (Lipinski definition) is 1. The number of esters is 1. The zero-order valence-electron chi connectivity index (χ0n) is 18.5. The number of rotatable bonds is 3. The third kappa shape index (κ3) is 4.46. The number of methoxy groups -OCH3 is 1. The van der Waals surface area contributed by atoms with Crippen LogP contribution < -0.4 is 10.6 Å². The molecule has 0 aliphatic carbocycles. The second-order valence-electron chi connectivity index (χ2n) is 8.34. The summed E-state index contributed by atoms with van der Waals surface area (Å²) in [6.45, 7) is 6.76. The van der Waals surface area contributed by atoms with E-state index >= 15 is 4.39 Å². The van der Waals surface area contributed by atoms with Gasteiger partial charge >= 0.3 is 12.1 Å². The molecule has 3 rings (SSSR count). The molecule has 1 saturated heterocycles. The van der Waals surface area contributed by atoms with Gasteiger partial charge < -0.3 is 29.6 Å². The molecule has 0 radical (unpaired) electrons. The molecule has 1 aromatic carbocycles. The van der Waals surface area contributed by atoms with Crippen LogP contribution in [-0.4, -0.2) is 60.4 Å². The maximum absolute atomic E-state index is 15.0. The van der Waals surface area contributed by atoms with Crippen molar-refractivity contribution in [1.29, 1.82) is 5.26 Å². The molecule has 1 aliphatic heterocycles. The standard InChI is InChI=1S/C22H26FN5O4/c1-22(2,3)32-21(30)27-10-8-26(9-11-27)18-15(23)6-5-7-16(18)28-13-14(12-24)17(25)19(28)20(29)31-4/h5-7,13H,8-11,25H2,1-4H3. The number of anilines is 2. The lowest BCUT2D eigenvalue weighted by atomic mass is 10.2. The molecule has 32 heavy (non-hydrogen) atoms. The second kappa shape index (κ2) is 8.78. The van der Waals surface area contributed by atoms with Crippen molar-refractivity contribution < 1.29 is 23.5 Å². The van der Waals surface area contributed by atoms with E-state index in [0.29, 0.717) is 31.9 Å². The van der Waals surface area contributed by atoms with Gasteiger partial charge in [-0.25, -0.2) is 14.0 Å². The quantitative estimate of drug-likeness (QED) is 0.726. The Morgan fingerprint density at radius 2 is 1.84 bits per heavy atom. The highest BCUT2D eigenvalue weighted by atomic mass is 19.1. The SMILES string of the molecule is COC(=O)c1c(N)c(C#N)cn1-c1cccc(F)c1N1CCN(C(=O)OC(C)(C)C)CC1. The Labute approximate surface area is 185 Å². The number of benzene rings is 1. The highest BCUT2D eigenvalue weighted by molar-refractivity contribution is 5.96. The third-order valence-corrected chi connectivity index (χ3v) is 5.02. The van der Waals surface area contributed by atoms with Gasteiger partial charge in [0.15, 0.2) is 5.69 Å².